The molecule has 0 radical (unpaired) electrons. The Labute approximate surface area is 117 Å². The van der Waals surface area contributed by atoms with Gasteiger partial charge < -0.3 is 10.1 Å². The number of nitrogens with zero attached hydrogens (tertiary/aromatic N) is 1. The maximum atomic E-state index is 12.1. The first-order chi connectivity index (χ1) is 9.65. The van der Waals surface area contributed by atoms with Gasteiger partial charge in [0.15, 0.2) is 11.4 Å². The van der Waals surface area contributed by atoms with E-state index in [-0.39, 0.29) is 5.91 Å². The predicted molar refractivity (Wildman–Crippen MR) is 76.1 cm³/mol. The van der Waals surface area contributed by atoms with Crippen LogP contribution in [0.2, 0.25) is 0 Å². The van der Waals surface area contributed by atoms with Crippen molar-refractivity contribution in [2.45, 2.75) is 6.92 Å². The highest BCUT2D eigenvalue weighted by molar-refractivity contribution is 6.04. The average Bonchev–Trinajstić information content (AvgIpc) is 2.49. The van der Waals surface area contributed by atoms with Crippen LogP contribution >= 0.6 is 0 Å². The summed E-state index contributed by atoms with van der Waals surface area (Å²) < 4.78 is 5.19. The van der Waals surface area contributed by atoms with E-state index in [1.807, 2.05) is 25.1 Å². The Kier molecular flexibility index (Phi) is 4.10. The van der Waals surface area contributed by atoms with E-state index in [4.69, 9.17) is 10.3 Å². The highest BCUT2D eigenvalue weighted by Gasteiger charge is 2.12. The molecule has 0 saturated carbocycles. The summed E-state index contributed by atoms with van der Waals surface area (Å²) >= 11 is 0. The van der Waals surface area contributed by atoms with E-state index in [1.165, 1.54) is 7.11 Å². The Morgan fingerprint density at radius 1 is 1.25 bits per heavy atom. The van der Waals surface area contributed by atoms with Gasteiger partial charge in [0, 0.05) is 17.3 Å². The SMILES string of the molecule is COc1cc(NC(=O)c2ccccc2)c(C)cc1N=[NH2+]. The number of carbonyl (C=O) groups is 1. The molecule has 0 saturated heterocycles. The molecule has 1 amide bonds. The molecule has 0 aliphatic carbocycles. The first-order valence-electron chi connectivity index (χ1n) is 6.11. The number of carbonyl (C=O) groups excluding carboxylic acids is 1. The van der Waals surface area contributed by atoms with E-state index in [0.29, 0.717) is 22.7 Å². The second-order valence-corrected chi connectivity index (χ2v) is 4.29. The van der Waals surface area contributed by atoms with Gasteiger partial charge in [0.25, 0.3) is 5.91 Å². The maximum absolute atomic E-state index is 12.1. The summed E-state index contributed by atoms with van der Waals surface area (Å²) in [6, 6.07) is 12.5. The predicted octanol–water partition coefficient (Wildman–Crippen LogP) is 2.10. The standard InChI is InChI=1S/C15H15N3O2/c1-10-8-13(18-16)14(20-2)9-12(10)17-15(19)11-6-4-3-5-7-11/h3-9,16H,1-2H3,(H,17,19)/p+1. The molecule has 0 fully saturated rings. The molecule has 0 unspecified atom stereocenters. The summed E-state index contributed by atoms with van der Waals surface area (Å²) in [7, 11) is 1.53. The number of hydrogen-bond donors (Lipinski definition) is 2. The molecule has 0 bridgehead atoms. The Morgan fingerprint density at radius 3 is 2.55 bits per heavy atom. The molecule has 5 nitrogen and oxygen atoms in total. The number of aryl methyl sites for hydroxylation is 1. The number of methoxy groups -OCH3 is 1. The molecule has 0 aliphatic heterocycles. The minimum Gasteiger partial charge on any atom is -0.494 e. The zero-order chi connectivity index (χ0) is 14.5. The van der Waals surface area contributed by atoms with Crippen LogP contribution in [0.25, 0.3) is 0 Å². The van der Waals surface area contributed by atoms with E-state index in [2.05, 4.69) is 10.4 Å². The number of rotatable bonds is 4. The molecule has 0 spiro atoms. The Morgan fingerprint density at radius 2 is 1.95 bits per heavy atom. The van der Waals surface area contributed by atoms with Gasteiger partial charge in [-0.05, 0) is 35.8 Å². The van der Waals surface area contributed by atoms with Crippen molar-refractivity contribution >= 4 is 17.3 Å². The summed E-state index contributed by atoms with van der Waals surface area (Å²) in [5.41, 5.74) is 7.97. The van der Waals surface area contributed by atoms with E-state index < -0.39 is 0 Å². The molecule has 2 rings (SSSR count). The van der Waals surface area contributed by atoms with E-state index in [1.54, 1.807) is 24.3 Å². The first-order valence-corrected chi connectivity index (χ1v) is 6.11. The lowest BCUT2D eigenvalue weighted by Gasteiger charge is -2.11. The van der Waals surface area contributed by atoms with Crippen LogP contribution in [0.15, 0.2) is 47.6 Å². The molecular formula is C15H16N3O2+. The molecule has 102 valence electrons. The summed E-state index contributed by atoms with van der Waals surface area (Å²) in [4.78, 5) is 12.1. The van der Waals surface area contributed by atoms with Crippen LogP contribution in [-0.4, -0.2) is 13.0 Å². The number of ether oxygens (including phenoxy) is 1. The largest absolute Gasteiger partial charge is 0.494 e. The minimum atomic E-state index is -0.173. The highest BCUT2D eigenvalue weighted by atomic mass is 16.5. The van der Waals surface area contributed by atoms with Crippen molar-refractivity contribution in [2.75, 3.05) is 12.4 Å². The molecule has 2 aromatic rings. The smallest absolute Gasteiger partial charge is 0.255 e. The normalized spacial score (nSPS) is 9.90. The van der Waals surface area contributed by atoms with Crippen LogP contribution < -0.4 is 15.6 Å². The lowest BCUT2D eigenvalue weighted by Crippen LogP contribution is -2.22. The quantitative estimate of drug-likeness (QED) is 0.835. The topological polar surface area (TPSA) is 76.3 Å². The van der Waals surface area contributed by atoms with Gasteiger partial charge in [-0.25, -0.2) is 0 Å². The van der Waals surface area contributed by atoms with Gasteiger partial charge in [-0.1, -0.05) is 18.2 Å². The number of amides is 1. The molecule has 20 heavy (non-hydrogen) atoms. The second kappa shape index (κ2) is 5.97. The van der Waals surface area contributed by atoms with Crippen LogP contribution in [-0.2, 0) is 0 Å². The van der Waals surface area contributed by atoms with Crippen molar-refractivity contribution in [3.05, 3.63) is 53.6 Å². The summed E-state index contributed by atoms with van der Waals surface area (Å²) in [5, 5.41) is 6.49. The molecule has 0 aliphatic rings. The fourth-order valence-corrected chi connectivity index (χ4v) is 1.86. The number of anilines is 1. The highest BCUT2D eigenvalue weighted by Crippen LogP contribution is 2.32. The molecular weight excluding hydrogens is 254 g/mol. The van der Waals surface area contributed by atoms with Crippen molar-refractivity contribution < 1.29 is 15.1 Å². The zero-order valence-corrected chi connectivity index (χ0v) is 11.4. The molecule has 0 atom stereocenters. The number of benzene rings is 2. The number of hydrogen-bond acceptors (Lipinski definition) is 3. The zero-order valence-electron chi connectivity index (χ0n) is 11.4. The molecule has 3 N–H and O–H groups in total. The summed E-state index contributed by atoms with van der Waals surface area (Å²) in [6.07, 6.45) is 0. The van der Waals surface area contributed by atoms with Gasteiger partial charge in [0.1, 0.15) is 0 Å². The van der Waals surface area contributed by atoms with Crippen molar-refractivity contribution in [1.29, 1.82) is 0 Å². The van der Waals surface area contributed by atoms with Gasteiger partial charge in [-0.2, -0.15) is 5.53 Å². The van der Waals surface area contributed by atoms with Crippen LogP contribution in [0.5, 0.6) is 5.75 Å². The minimum absolute atomic E-state index is 0.173. The van der Waals surface area contributed by atoms with Crippen LogP contribution in [0.3, 0.4) is 0 Å². The van der Waals surface area contributed by atoms with Gasteiger partial charge in [0.2, 0.25) is 0 Å². The van der Waals surface area contributed by atoms with Crippen LogP contribution in [0.1, 0.15) is 15.9 Å². The Balaban J connectivity index is 2.30. The van der Waals surface area contributed by atoms with Crippen LogP contribution in [0, 0.1) is 6.92 Å². The molecule has 5 heteroatoms. The van der Waals surface area contributed by atoms with Gasteiger partial charge in [-0.3, -0.25) is 4.79 Å². The van der Waals surface area contributed by atoms with Gasteiger partial charge >= 0.3 is 0 Å². The summed E-state index contributed by atoms with van der Waals surface area (Å²) in [5.74, 6) is 0.342. The molecule has 0 aromatic heterocycles. The van der Waals surface area contributed by atoms with Crippen molar-refractivity contribution in [3.8, 4) is 5.75 Å². The Hall–Kier alpha value is -2.69. The van der Waals surface area contributed by atoms with E-state index >= 15 is 0 Å². The van der Waals surface area contributed by atoms with Gasteiger partial charge in [0.05, 0.1) is 7.11 Å². The third-order valence-electron chi connectivity index (χ3n) is 2.95. The third-order valence-corrected chi connectivity index (χ3v) is 2.95. The van der Waals surface area contributed by atoms with E-state index in [9.17, 15) is 4.79 Å². The molecule has 0 heterocycles. The maximum Gasteiger partial charge on any atom is 0.255 e. The van der Waals surface area contributed by atoms with E-state index in [0.717, 1.165) is 5.56 Å². The fourth-order valence-electron chi connectivity index (χ4n) is 1.86. The van der Waals surface area contributed by atoms with Gasteiger partial charge in [-0.15, -0.1) is 0 Å². The number of nitrogens with two attached hydrogens (primary N) is 1. The van der Waals surface area contributed by atoms with Crippen molar-refractivity contribution in [2.24, 2.45) is 5.11 Å². The average molecular weight is 270 g/mol. The lowest BCUT2D eigenvalue weighted by molar-refractivity contribution is -0.210. The lowest BCUT2D eigenvalue weighted by atomic mass is 10.1. The van der Waals surface area contributed by atoms with Crippen LogP contribution in [0.4, 0.5) is 11.4 Å². The first kappa shape index (κ1) is 13.7. The third kappa shape index (κ3) is 2.83. The second-order valence-electron chi connectivity index (χ2n) is 4.29. The fraction of sp³-hybridized carbons (Fsp3) is 0.133. The molecule has 2 aromatic carbocycles. The monoisotopic (exact) mass is 270 g/mol. The summed E-state index contributed by atoms with van der Waals surface area (Å²) in [6.45, 7) is 1.87. The Bertz CT molecular complexity index is 639. The number of nitrogens with one attached hydrogen (secondary N) is 1. The van der Waals surface area contributed by atoms with Crippen molar-refractivity contribution in [1.82, 2.24) is 0 Å². The van der Waals surface area contributed by atoms with Crippen molar-refractivity contribution in [3.63, 3.8) is 0 Å².